The largest absolute Gasteiger partial charge is 0.504 e. The van der Waals surface area contributed by atoms with E-state index in [2.05, 4.69) is 27.1 Å². The fourth-order valence-electron chi connectivity index (χ4n) is 2.49. The van der Waals surface area contributed by atoms with E-state index in [1.54, 1.807) is 24.4 Å². The van der Waals surface area contributed by atoms with Crippen LogP contribution < -0.4 is 9.54 Å². The molecule has 3 aromatic rings. The molecule has 0 aliphatic rings. The Morgan fingerprint density at radius 3 is 2.69 bits per heavy atom. The van der Waals surface area contributed by atoms with Crippen LogP contribution in [0.2, 0.25) is 5.02 Å². The molecule has 0 saturated carbocycles. The molecule has 1 heterocycles. The number of methoxy groups -OCH3 is 1. The summed E-state index contributed by atoms with van der Waals surface area (Å²) < 4.78 is 7.19. The van der Waals surface area contributed by atoms with Gasteiger partial charge in [0.15, 0.2) is 11.5 Å². The van der Waals surface area contributed by atoms with Crippen LogP contribution in [0, 0.1) is 0 Å². The summed E-state index contributed by atoms with van der Waals surface area (Å²) in [6.45, 7) is 2.85. The zero-order chi connectivity index (χ0) is 18.5. The number of thiazole rings is 1. The van der Waals surface area contributed by atoms with Crippen LogP contribution in [0.1, 0.15) is 12.5 Å². The monoisotopic (exact) mass is 387 g/mol. The lowest BCUT2D eigenvalue weighted by atomic mass is 10.2. The van der Waals surface area contributed by atoms with Crippen LogP contribution in [-0.2, 0) is 6.54 Å². The van der Waals surface area contributed by atoms with Gasteiger partial charge < -0.3 is 14.4 Å². The quantitative estimate of drug-likeness (QED) is 0.516. The summed E-state index contributed by atoms with van der Waals surface area (Å²) >= 11 is 7.50. The van der Waals surface area contributed by atoms with Gasteiger partial charge in [0.05, 0.1) is 19.0 Å². The van der Waals surface area contributed by atoms with E-state index in [1.807, 2.05) is 24.3 Å². The third kappa shape index (κ3) is 3.98. The maximum atomic E-state index is 9.63. The van der Waals surface area contributed by atoms with Gasteiger partial charge >= 0.3 is 0 Å². The molecule has 3 rings (SSSR count). The minimum absolute atomic E-state index is 0.0938. The highest BCUT2D eigenvalue weighted by atomic mass is 35.5. The Balaban J connectivity index is 1.91. The summed E-state index contributed by atoms with van der Waals surface area (Å²) in [6, 6.07) is 12.8. The molecule has 0 fully saturated rings. The van der Waals surface area contributed by atoms with E-state index < -0.39 is 0 Å². The second kappa shape index (κ2) is 8.21. The first kappa shape index (κ1) is 18.2. The molecule has 26 heavy (non-hydrogen) atoms. The maximum Gasteiger partial charge on any atom is 0.211 e. The zero-order valence-electron chi connectivity index (χ0n) is 14.4. The molecule has 0 aliphatic carbocycles. The third-order valence-electron chi connectivity index (χ3n) is 3.81. The van der Waals surface area contributed by atoms with Gasteiger partial charge in [-0.15, -0.1) is 16.4 Å². The summed E-state index contributed by atoms with van der Waals surface area (Å²) in [5.74, 6) is 0.495. The summed E-state index contributed by atoms with van der Waals surface area (Å²) in [6.07, 6.45) is 1.63. The topological polar surface area (TPSA) is 59.1 Å². The van der Waals surface area contributed by atoms with Gasteiger partial charge in [0.1, 0.15) is 0 Å². The van der Waals surface area contributed by atoms with Crippen LogP contribution in [0.5, 0.6) is 11.5 Å². The van der Waals surface area contributed by atoms with Crippen molar-refractivity contribution in [3.05, 3.63) is 63.2 Å². The Morgan fingerprint density at radius 1 is 1.23 bits per heavy atom. The summed E-state index contributed by atoms with van der Waals surface area (Å²) in [5.41, 5.74) is 2.96. The Hall–Kier alpha value is -2.57. The van der Waals surface area contributed by atoms with Gasteiger partial charge in [-0.25, -0.2) is 0 Å². The zero-order valence-corrected chi connectivity index (χ0v) is 16.0. The van der Waals surface area contributed by atoms with Crippen LogP contribution in [0.3, 0.4) is 0 Å². The van der Waals surface area contributed by atoms with E-state index in [1.165, 1.54) is 18.4 Å². The number of aromatic nitrogens is 1. The van der Waals surface area contributed by atoms with Gasteiger partial charge in [-0.3, -0.25) is 0 Å². The third-order valence-corrected chi connectivity index (χ3v) is 4.91. The molecule has 0 atom stereocenters. The van der Waals surface area contributed by atoms with E-state index in [0.29, 0.717) is 10.8 Å². The molecule has 0 saturated heterocycles. The number of rotatable bonds is 5. The molecule has 5 nitrogen and oxygen atoms in total. The van der Waals surface area contributed by atoms with Crippen molar-refractivity contribution in [3.63, 3.8) is 0 Å². The van der Waals surface area contributed by atoms with Crippen LogP contribution in [0.4, 0.5) is 0 Å². The molecule has 7 heteroatoms. The molecule has 0 aliphatic heterocycles. The average Bonchev–Trinajstić information content (AvgIpc) is 3.06. The molecule has 0 radical (unpaired) electrons. The number of aromatic hydroxyl groups is 1. The van der Waals surface area contributed by atoms with E-state index >= 15 is 0 Å². The van der Waals surface area contributed by atoms with E-state index in [4.69, 9.17) is 16.3 Å². The summed E-state index contributed by atoms with van der Waals surface area (Å²) in [5, 5.41) is 20.9. The van der Waals surface area contributed by atoms with E-state index in [-0.39, 0.29) is 5.75 Å². The number of hydrogen-bond donors (Lipinski definition) is 1. The lowest BCUT2D eigenvalue weighted by Gasteiger charge is -2.05. The molecule has 2 aromatic carbocycles. The van der Waals surface area contributed by atoms with Crippen molar-refractivity contribution < 1.29 is 9.84 Å². The fraction of sp³-hybridized carbons (Fsp3) is 0.158. The van der Waals surface area contributed by atoms with Crippen LogP contribution >= 0.6 is 22.9 Å². The van der Waals surface area contributed by atoms with Gasteiger partial charge in [0.25, 0.3) is 0 Å². The summed E-state index contributed by atoms with van der Waals surface area (Å²) in [7, 11) is 1.51. The number of halogens is 1. The van der Waals surface area contributed by atoms with Crippen molar-refractivity contribution in [1.82, 2.24) is 4.57 Å². The molecule has 0 unspecified atom stereocenters. The lowest BCUT2D eigenvalue weighted by Crippen LogP contribution is -2.14. The number of nitrogens with zero attached hydrogens (tertiary/aromatic N) is 3. The Labute approximate surface area is 160 Å². The van der Waals surface area contributed by atoms with Crippen LogP contribution in [-0.4, -0.2) is 23.0 Å². The van der Waals surface area contributed by atoms with Crippen molar-refractivity contribution in [1.29, 1.82) is 0 Å². The number of benzene rings is 2. The minimum Gasteiger partial charge on any atom is -0.504 e. The number of ether oxygens (including phenoxy) is 1. The fourth-order valence-corrected chi connectivity index (χ4v) is 3.54. The first-order valence-corrected chi connectivity index (χ1v) is 9.26. The lowest BCUT2D eigenvalue weighted by molar-refractivity contribution is 0.373. The highest BCUT2D eigenvalue weighted by Crippen LogP contribution is 2.25. The van der Waals surface area contributed by atoms with E-state index in [0.717, 1.165) is 28.2 Å². The number of phenolic OH excluding ortho intramolecular Hbond substituents is 1. The second-order valence-electron chi connectivity index (χ2n) is 5.43. The van der Waals surface area contributed by atoms with Crippen molar-refractivity contribution in [2.24, 2.45) is 10.2 Å². The van der Waals surface area contributed by atoms with Crippen LogP contribution in [0.25, 0.3) is 11.3 Å². The predicted molar refractivity (Wildman–Crippen MR) is 106 cm³/mol. The smallest absolute Gasteiger partial charge is 0.211 e. The first-order valence-electron chi connectivity index (χ1n) is 8.00. The normalized spacial score (nSPS) is 12.0. The van der Waals surface area contributed by atoms with E-state index in [9.17, 15) is 5.11 Å². The maximum absolute atomic E-state index is 9.63. The first-order chi connectivity index (χ1) is 12.6. The van der Waals surface area contributed by atoms with Gasteiger partial charge in [-0.05, 0) is 48.4 Å². The summed E-state index contributed by atoms with van der Waals surface area (Å²) in [4.78, 5) is 0.805. The van der Waals surface area contributed by atoms with Crippen molar-refractivity contribution in [3.8, 4) is 22.8 Å². The standard InChI is InChI=1S/C19H18ClN3O2S/c1-3-23-16(14-5-7-15(20)8-6-14)12-26-19(23)22-21-11-13-4-9-17(24)18(10-13)25-2/h4-12,24H,3H2,1-2H3/b21-11+,22-19?. The Bertz CT molecular complexity index is 991. The predicted octanol–water partition coefficient (Wildman–Crippen LogP) is 4.54. The molecule has 1 N–H and O–H groups in total. The van der Waals surface area contributed by atoms with Gasteiger partial charge in [0.2, 0.25) is 4.80 Å². The Kier molecular flexibility index (Phi) is 5.75. The molecular formula is C19H18ClN3O2S. The number of phenols is 1. The molecule has 0 bridgehead atoms. The SMILES string of the molecule is CCn1c(-c2ccc(Cl)cc2)csc1=N/N=C/c1ccc(O)c(OC)c1. The van der Waals surface area contributed by atoms with Gasteiger partial charge in [0, 0.05) is 16.9 Å². The van der Waals surface area contributed by atoms with Crippen LogP contribution in [0.15, 0.2) is 58.0 Å². The molecular weight excluding hydrogens is 370 g/mol. The average molecular weight is 388 g/mol. The minimum atomic E-state index is 0.0938. The van der Waals surface area contributed by atoms with Crippen molar-refractivity contribution >= 4 is 29.2 Å². The Morgan fingerprint density at radius 2 is 2.00 bits per heavy atom. The highest BCUT2D eigenvalue weighted by Gasteiger charge is 2.06. The van der Waals surface area contributed by atoms with Crippen molar-refractivity contribution in [2.45, 2.75) is 13.5 Å². The van der Waals surface area contributed by atoms with Gasteiger partial charge in [-0.2, -0.15) is 5.10 Å². The molecule has 1 aromatic heterocycles. The molecule has 134 valence electrons. The second-order valence-corrected chi connectivity index (χ2v) is 6.70. The van der Waals surface area contributed by atoms with Crippen molar-refractivity contribution in [2.75, 3.05) is 7.11 Å². The van der Waals surface area contributed by atoms with Gasteiger partial charge in [-0.1, -0.05) is 23.7 Å². The highest BCUT2D eigenvalue weighted by molar-refractivity contribution is 7.07. The molecule has 0 amide bonds. The molecule has 0 spiro atoms. The number of hydrogen-bond acceptors (Lipinski definition) is 5.